The molecule has 0 atom stereocenters. The van der Waals surface area contributed by atoms with Crippen molar-refractivity contribution in [3.63, 3.8) is 0 Å². The van der Waals surface area contributed by atoms with E-state index in [-0.39, 0.29) is 5.91 Å². The van der Waals surface area contributed by atoms with Crippen molar-refractivity contribution in [2.75, 3.05) is 46.5 Å². The molecular formula is C18H28N2O4. The Morgan fingerprint density at radius 1 is 1.17 bits per heavy atom. The van der Waals surface area contributed by atoms with Crippen LogP contribution in [0, 0.1) is 0 Å². The molecule has 1 amide bonds. The van der Waals surface area contributed by atoms with Crippen LogP contribution < -0.4 is 14.8 Å². The van der Waals surface area contributed by atoms with E-state index in [4.69, 9.17) is 14.2 Å². The van der Waals surface area contributed by atoms with E-state index in [0.29, 0.717) is 32.4 Å². The maximum absolute atomic E-state index is 11.9. The van der Waals surface area contributed by atoms with Gasteiger partial charge >= 0.3 is 0 Å². The number of amides is 1. The van der Waals surface area contributed by atoms with Crippen LogP contribution in [0.1, 0.15) is 19.8 Å². The number of hydrogen-bond donors (Lipinski definition) is 1. The second-order valence-electron chi connectivity index (χ2n) is 5.81. The third-order valence-electron chi connectivity index (χ3n) is 4.06. The van der Waals surface area contributed by atoms with Gasteiger partial charge in [-0.05, 0) is 44.0 Å². The second kappa shape index (κ2) is 10.2. The maximum atomic E-state index is 11.9. The lowest BCUT2D eigenvalue weighted by molar-refractivity contribution is -0.123. The fourth-order valence-corrected chi connectivity index (χ4v) is 2.72. The SMILES string of the molecule is CCOc1ccc(OCCNC(=O)CN2CCC(OC)CC2)cc1. The first-order valence-corrected chi connectivity index (χ1v) is 8.58. The lowest BCUT2D eigenvalue weighted by Gasteiger charge is -2.30. The van der Waals surface area contributed by atoms with Gasteiger partial charge in [0.05, 0.1) is 25.8 Å². The van der Waals surface area contributed by atoms with Gasteiger partial charge in [-0.1, -0.05) is 0 Å². The summed E-state index contributed by atoms with van der Waals surface area (Å²) in [7, 11) is 1.75. The molecule has 0 unspecified atom stereocenters. The van der Waals surface area contributed by atoms with Crippen molar-refractivity contribution >= 4 is 5.91 Å². The summed E-state index contributed by atoms with van der Waals surface area (Å²) in [6.45, 7) is 5.82. The molecule has 0 spiro atoms. The van der Waals surface area contributed by atoms with Crippen molar-refractivity contribution in [3.05, 3.63) is 24.3 Å². The Bertz CT molecular complexity index is 484. The molecule has 0 aliphatic carbocycles. The number of nitrogens with one attached hydrogen (secondary N) is 1. The van der Waals surface area contributed by atoms with Crippen molar-refractivity contribution in [1.29, 1.82) is 0 Å². The molecule has 2 rings (SSSR count). The summed E-state index contributed by atoms with van der Waals surface area (Å²) in [6, 6.07) is 7.49. The lowest BCUT2D eigenvalue weighted by Crippen LogP contribution is -2.43. The quantitative estimate of drug-likeness (QED) is 0.696. The summed E-state index contributed by atoms with van der Waals surface area (Å²) in [4.78, 5) is 14.1. The zero-order chi connectivity index (χ0) is 17.2. The van der Waals surface area contributed by atoms with Crippen LogP contribution in [0.25, 0.3) is 0 Å². The zero-order valence-corrected chi connectivity index (χ0v) is 14.6. The number of piperidine rings is 1. The predicted molar refractivity (Wildman–Crippen MR) is 92.6 cm³/mol. The Balaban J connectivity index is 1.57. The number of benzene rings is 1. The summed E-state index contributed by atoms with van der Waals surface area (Å²) in [5, 5.41) is 2.90. The molecule has 1 heterocycles. The van der Waals surface area contributed by atoms with Gasteiger partial charge in [0.15, 0.2) is 0 Å². The van der Waals surface area contributed by atoms with Crippen LogP contribution in [0.4, 0.5) is 0 Å². The molecule has 0 radical (unpaired) electrons. The Labute approximate surface area is 144 Å². The van der Waals surface area contributed by atoms with Gasteiger partial charge < -0.3 is 19.5 Å². The Morgan fingerprint density at radius 3 is 2.38 bits per heavy atom. The van der Waals surface area contributed by atoms with E-state index in [9.17, 15) is 4.79 Å². The largest absolute Gasteiger partial charge is 0.494 e. The minimum absolute atomic E-state index is 0.0427. The molecule has 1 aliphatic rings. The second-order valence-corrected chi connectivity index (χ2v) is 5.81. The molecule has 6 nitrogen and oxygen atoms in total. The van der Waals surface area contributed by atoms with Crippen LogP contribution in [0.15, 0.2) is 24.3 Å². The lowest BCUT2D eigenvalue weighted by atomic mass is 10.1. The minimum Gasteiger partial charge on any atom is -0.494 e. The molecule has 0 aromatic heterocycles. The number of hydrogen-bond acceptors (Lipinski definition) is 5. The highest BCUT2D eigenvalue weighted by atomic mass is 16.5. The Kier molecular flexibility index (Phi) is 7.85. The number of nitrogens with zero attached hydrogens (tertiary/aromatic N) is 1. The highest BCUT2D eigenvalue weighted by Crippen LogP contribution is 2.17. The van der Waals surface area contributed by atoms with Crippen molar-refractivity contribution in [2.24, 2.45) is 0 Å². The minimum atomic E-state index is 0.0427. The van der Waals surface area contributed by atoms with Crippen molar-refractivity contribution < 1.29 is 19.0 Å². The van der Waals surface area contributed by atoms with Crippen LogP contribution in [-0.4, -0.2) is 63.4 Å². The highest BCUT2D eigenvalue weighted by Gasteiger charge is 2.20. The normalized spacial score (nSPS) is 15.9. The van der Waals surface area contributed by atoms with E-state index in [2.05, 4.69) is 10.2 Å². The van der Waals surface area contributed by atoms with E-state index in [1.807, 2.05) is 31.2 Å². The van der Waals surface area contributed by atoms with E-state index in [1.54, 1.807) is 7.11 Å². The molecule has 1 aromatic rings. The van der Waals surface area contributed by atoms with Crippen LogP contribution in [0.5, 0.6) is 11.5 Å². The van der Waals surface area contributed by atoms with Gasteiger partial charge in [-0.3, -0.25) is 9.69 Å². The molecule has 24 heavy (non-hydrogen) atoms. The van der Waals surface area contributed by atoms with Gasteiger partial charge in [0.1, 0.15) is 18.1 Å². The molecule has 1 saturated heterocycles. The Hall–Kier alpha value is -1.79. The number of rotatable bonds is 9. The topological polar surface area (TPSA) is 60.0 Å². The summed E-state index contributed by atoms with van der Waals surface area (Å²) in [6.07, 6.45) is 2.32. The fourth-order valence-electron chi connectivity index (χ4n) is 2.72. The van der Waals surface area contributed by atoms with Gasteiger partial charge in [0.2, 0.25) is 5.91 Å². The van der Waals surface area contributed by atoms with E-state index >= 15 is 0 Å². The average molecular weight is 336 g/mol. The van der Waals surface area contributed by atoms with Crippen LogP contribution in [0.3, 0.4) is 0 Å². The van der Waals surface area contributed by atoms with E-state index in [1.165, 1.54) is 0 Å². The van der Waals surface area contributed by atoms with Gasteiger partial charge in [0, 0.05) is 20.2 Å². The molecule has 6 heteroatoms. The standard InChI is InChI=1S/C18H28N2O4/c1-3-23-16-4-6-17(7-5-16)24-13-10-19-18(21)14-20-11-8-15(22-2)9-12-20/h4-7,15H,3,8-14H2,1-2H3,(H,19,21). The molecule has 1 fully saturated rings. The molecule has 1 aromatic carbocycles. The smallest absolute Gasteiger partial charge is 0.234 e. The monoisotopic (exact) mass is 336 g/mol. The van der Waals surface area contributed by atoms with E-state index in [0.717, 1.165) is 37.4 Å². The van der Waals surface area contributed by atoms with E-state index < -0.39 is 0 Å². The summed E-state index contributed by atoms with van der Waals surface area (Å²) >= 11 is 0. The van der Waals surface area contributed by atoms with Gasteiger partial charge in [-0.25, -0.2) is 0 Å². The third kappa shape index (κ3) is 6.37. The first-order chi connectivity index (χ1) is 11.7. The van der Waals surface area contributed by atoms with Crippen molar-refractivity contribution in [3.8, 4) is 11.5 Å². The number of likely N-dealkylation sites (tertiary alicyclic amines) is 1. The third-order valence-corrected chi connectivity index (χ3v) is 4.06. The van der Waals surface area contributed by atoms with Crippen LogP contribution in [-0.2, 0) is 9.53 Å². The molecule has 0 bridgehead atoms. The highest BCUT2D eigenvalue weighted by molar-refractivity contribution is 5.78. The summed E-state index contributed by atoms with van der Waals surface area (Å²) in [5.41, 5.74) is 0. The first-order valence-electron chi connectivity index (χ1n) is 8.58. The van der Waals surface area contributed by atoms with Crippen molar-refractivity contribution in [1.82, 2.24) is 10.2 Å². The predicted octanol–water partition coefficient (Wildman–Crippen LogP) is 1.69. The molecular weight excluding hydrogens is 308 g/mol. The average Bonchev–Trinajstić information content (AvgIpc) is 2.61. The van der Waals surface area contributed by atoms with Crippen LogP contribution >= 0.6 is 0 Å². The number of methoxy groups -OCH3 is 1. The molecule has 1 aliphatic heterocycles. The summed E-state index contributed by atoms with van der Waals surface area (Å²) in [5.74, 6) is 1.64. The van der Waals surface area contributed by atoms with Gasteiger partial charge in [0.25, 0.3) is 0 Å². The van der Waals surface area contributed by atoms with Gasteiger partial charge in [-0.15, -0.1) is 0 Å². The Morgan fingerprint density at radius 2 is 1.79 bits per heavy atom. The molecule has 134 valence electrons. The maximum Gasteiger partial charge on any atom is 0.234 e. The molecule has 0 saturated carbocycles. The fraction of sp³-hybridized carbons (Fsp3) is 0.611. The molecule has 1 N–H and O–H groups in total. The van der Waals surface area contributed by atoms with Crippen LogP contribution in [0.2, 0.25) is 0 Å². The number of carbonyl (C=O) groups excluding carboxylic acids is 1. The summed E-state index contributed by atoms with van der Waals surface area (Å²) < 4.78 is 16.3. The van der Waals surface area contributed by atoms with Gasteiger partial charge in [-0.2, -0.15) is 0 Å². The number of carbonyl (C=O) groups is 1. The van der Waals surface area contributed by atoms with Crippen molar-refractivity contribution in [2.45, 2.75) is 25.9 Å². The first kappa shape index (κ1) is 18.5. The number of ether oxygens (including phenoxy) is 3. The zero-order valence-electron chi connectivity index (χ0n) is 14.6.